The van der Waals surface area contributed by atoms with Crippen molar-refractivity contribution in [2.75, 3.05) is 27.2 Å². The molecule has 4 rings (SSSR count). The molecule has 0 atom stereocenters. The molecule has 0 spiro atoms. The van der Waals surface area contributed by atoms with E-state index in [1.54, 1.807) is 0 Å². The van der Waals surface area contributed by atoms with E-state index in [-0.39, 0.29) is 5.97 Å². The molecule has 108 valence electrons. The maximum Gasteiger partial charge on any atom is 0.306 e. The second-order valence-corrected chi connectivity index (χ2v) is 7.62. The number of carbonyl (C=O) groups excluding carboxylic acids is 1. The van der Waals surface area contributed by atoms with Gasteiger partial charge in [-0.1, -0.05) is 0 Å². The van der Waals surface area contributed by atoms with E-state index in [9.17, 15) is 4.79 Å². The van der Waals surface area contributed by atoms with Gasteiger partial charge in [-0.25, -0.2) is 0 Å². The van der Waals surface area contributed by atoms with E-state index in [0.29, 0.717) is 18.4 Å². The lowest BCUT2D eigenvalue weighted by molar-refractivity contribution is -0.152. The van der Waals surface area contributed by atoms with E-state index in [2.05, 4.69) is 4.90 Å². The standard InChI is InChI=1S/C16H27NO2/c1-17(2)3-4-19-15(18)11-16-8-12-5-13(9-16)7-14(6-12)10-16/h12-14H,3-11H2,1-2H3. The minimum atomic E-state index is 0.0452. The van der Waals surface area contributed by atoms with Gasteiger partial charge in [0.1, 0.15) is 6.61 Å². The van der Waals surface area contributed by atoms with Gasteiger partial charge in [-0.15, -0.1) is 0 Å². The lowest BCUT2D eigenvalue weighted by atomic mass is 9.49. The number of nitrogens with zero attached hydrogens (tertiary/aromatic N) is 1. The first-order valence-corrected chi connectivity index (χ1v) is 7.85. The molecular weight excluding hydrogens is 238 g/mol. The van der Waals surface area contributed by atoms with Crippen LogP contribution in [0.4, 0.5) is 0 Å². The fourth-order valence-electron chi connectivity index (χ4n) is 5.21. The van der Waals surface area contributed by atoms with Crippen molar-refractivity contribution >= 4 is 5.97 Å². The van der Waals surface area contributed by atoms with Gasteiger partial charge in [-0.05, 0) is 75.8 Å². The number of hydrogen-bond acceptors (Lipinski definition) is 3. The van der Waals surface area contributed by atoms with Crippen LogP contribution in [-0.2, 0) is 9.53 Å². The Morgan fingerprint density at radius 2 is 1.63 bits per heavy atom. The summed E-state index contributed by atoms with van der Waals surface area (Å²) in [5.74, 6) is 2.80. The largest absolute Gasteiger partial charge is 0.464 e. The Kier molecular flexibility index (Phi) is 3.59. The van der Waals surface area contributed by atoms with Crippen LogP contribution < -0.4 is 0 Å². The molecule has 0 unspecified atom stereocenters. The zero-order chi connectivity index (χ0) is 13.5. The van der Waals surface area contributed by atoms with Crippen molar-refractivity contribution in [2.24, 2.45) is 23.2 Å². The van der Waals surface area contributed by atoms with E-state index in [4.69, 9.17) is 4.74 Å². The van der Waals surface area contributed by atoms with Gasteiger partial charge in [-0.3, -0.25) is 4.79 Å². The number of carbonyl (C=O) groups is 1. The smallest absolute Gasteiger partial charge is 0.306 e. The van der Waals surface area contributed by atoms with Crippen molar-refractivity contribution in [3.63, 3.8) is 0 Å². The van der Waals surface area contributed by atoms with Crippen LogP contribution in [0.25, 0.3) is 0 Å². The van der Waals surface area contributed by atoms with Crippen molar-refractivity contribution in [3.8, 4) is 0 Å². The highest BCUT2D eigenvalue weighted by atomic mass is 16.5. The number of likely N-dealkylation sites (N-methyl/N-ethyl adjacent to an activating group) is 1. The van der Waals surface area contributed by atoms with Crippen LogP contribution in [0.5, 0.6) is 0 Å². The summed E-state index contributed by atoms with van der Waals surface area (Å²) in [4.78, 5) is 14.1. The molecule has 3 heteroatoms. The van der Waals surface area contributed by atoms with Crippen molar-refractivity contribution in [1.82, 2.24) is 4.90 Å². The van der Waals surface area contributed by atoms with E-state index in [1.807, 2.05) is 14.1 Å². The third kappa shape index (κ3) is 2.96. The summed E-state index contributed by atoms with van der Waals surface area (Å²) in [6.07, 6.45) is 8.88. The molecule has 0 aromatic heterocycles. The average molecular weight is 265 g/mol. The molecule has 0 amide bonds. The van der Waals surface area contributed by atoms with Gasteiger partial charge in [-0.2, -0.15) is 0 Å². The highest BCUT2D eigenvalue weighted by molar-refractivity contribution is 5.70. The molecule has 4 aliphatic carbocycles. The van der Waals surface area contributed by atoms with Gasteiger partial charge in [0.05, 0.1) is 6.42 Å². The molecule has 4 bridgehead atoms. The molecule has 4 aliphatic rings. The highest BCUT2D eigenvalue weighted by Gasteiger charge is 2.51. The van der Waals surface area contributed by atoms with Crippen molar-refractivity contribution in [2.45, 2.75) is 44.9 Å². The fourth-order valence-corrected chi connectivity index (χ4v) is 5.21. The maximum atomic E-state index is 12.1. The van der Waals surface area contributed by atoms with Crippen LogP contribution in [-0.4, -0.2) is 38.1 Å². The molecule has 4 fully saturated rings. The van der Waals surface area contributed by atoms with Crippen molar-refractivity contribution < 1.29 is 9.53 Å². The zero-order valence-corrected chi connectivity index (χ0v) is 12.4. The van der Waals surface area contributed by atoms with E-state index < -0.39 is 0 Å². The fraction of sp³-hybridized carbons (Fsp3) is 0.938. The average Bonchev–Trinajstić information content (AvgIpc) is 2.25. The second-order valence-electron chi connectivity index (χ2n) is 7.62. The van der Waals surface area contributed by atoms with Crippen LogP contribution in [0.2, 0.25) is 0 Å². The number of hydrogen-bond donors (Lipinski definition) is 0. The summed E-state index contributed by atoms with van der Waals surface area (Å²) < 4.78 is 5.41. The summed E-state index contributed by atoms with van der Waals surface area (Å²) in [5.41, 5.74) is 0.323. The van der Waals surface area contributed by atoms with Gasteiger partial charge in [0.25, 0.3) is 0 Å². The first-order valence-electron chi connectivity index (χ1n) is 7.85. The normalized spacial score (nSPS) is 39.8. The second kappa shape index (κ2) is 5.08. The number of ether oxygens (including phenoxy) is 1. The Balaban J connectivity index is 1.53. The molecule has 19 heavy (non-hydrogen) atoms. The topological polar surface area (TPSA) is 29.5 Å². The van der Waals surface area contributed by atoms with E-state index >= 15 is 0 Å². The summed E-state index contributed by atoms with van der Waals surface area (Å²) in [7, 11) is 4.01. The van der Waals surface area contributed by atoms with E-state index in [1.165, 1.54) is 38.5 Å². The maximum absolute atomic E-state index is 12.1. The van der Waals surface area contributed by atoms with Gasteiger partial charge >= 0.3 is 5.97 Å². The molecule has 0 heterocycles. The molecule has 0 aromatic rings. The lowest BCUT2D eigenvalue weighted by Crippen LogP contribution is -2.47. The molecule has 0 aromatic carbocycles. The minimum Gasteiger partial charge on any atom is -0.464 e. The van der Waals surface area contributed by atoms with Gasteiger partial charge in [0, 0.05) is 6.54 Å². The first kappa shape index (κ1) is 13.4. The molecule has 0 aliphatic heterocycles. The van der Waals surface area contributed by atoms with Crippen LogP contribution in [0.3, 0.4) is 0 Å². The van der Waals surface area contributed by atoms with Crippen LogP contribution in [0.1, 0.15) is 44.9 Å². The molecule has 4 saturated carbocycles. The lowest BCUT2D eigenvalue weighted by Gasteiger charge is -2.56. The van der Waals surface area contributed by atoms with Crippen molar-refractivity contribution in [3.05, 3.63) is 0 Å². The molecule has 0 N–H and O–H groups in total. The Morgan fingerprint density at radius 1 is 1.11 bits per heavy atom. The summed E-state index contributed by atoms with van der Waals surface area (Å²) in [5, 5.41) is 0. The van der Waals surface area contributed by atoms with Gasteiger partial charge in [0.2, 0.25) is 0 Å². The predicted molar refractivity (Wildman–Crippen MR) is 74.7 cm³/mol. The molecule has 3 nitrogen and oxygen atoms in total. The third-order valence-electron chi connectivity index (χ3n) is 5.49. The Labute approximate surface area is 116 Å². The summed E-state index contributed by atoms with van der Waals surface area (Å²) >= 11 is 0. The van der Waals surface area contributed by atoms with Gasteiger partial charge in [0.15, 0.2) is 0 Å². The highest BCUT2D eigenvalue weighted by Crippen LogP contribution is 2.61. The Morgan fingerprint density at radius 3 is 2.11 bits per heavy atom. The minimum absolute atomic E-state index is 0.0452. The van der Waals surface area contributed by atoms with Crippen molar-refractivity contribution in [1.29, 1.82) is 0 Å². The number of esters is 1. The predicted octanol–water partition coefficient (Wildman–Crippen LogP) is 2.70. The van der Waals surface area contributed by atoms with Crippen LogP contribution in [0, 0.1) is 23.2 Å². The first-order chi connectivity index (χ1) is 9.05. The van der Waals surface area contributed by atoms with Gasteiger partial charge < -0.3 is 9.64 Å². The monoisotopic (exact) mass is 265 g/mol. The van der Waals surface area contributed by atoms with Crippen LogP contribution in [0.15, 0.2) is 0 Å². The summed E-state index contributed by atoms with van der Waals surface area (Å²) in [6, 6.07) is 0. The SMILES string of the molecule is CN(C)CCOC(=O)CC12CC3CC(CC(C3)C1)C2. The Hall–Kier alpha value is -0.570. The van der Waals surface area contributed by atoms with Crippen LogP contribution >= 0.6 is 0 Å². The van der Waals surface area contributed by atoms with E-state index in [0.717, 1.165) is 24.3 Å². The summed E-state index contributed by atoms with van der Waals surface area (Å²) in [6.45, 7) is 1.37. The molecular formula is C16H27NO2. The molecule has 0 radical (unpaired) electrons. The Bertz CT molecular complexity index is 315. The quantitative estimate of drug-likeness (QED) is 0.716. The zero-order valence-electron chi connectivity index (χ0n) is 12.4. The molecule has 0 saturated heterocycles. The number of rotatable bonds is 5. The third-order valence-corrected chi connectivity index (χ3v) is 5.49.